The zero-order valence-corrected chi connectivity index (χ0v) is 13.3. The van der Waals surface area contributed by atoms with E-state index in [2.05, 4.69) is 4.98 Å². The molecule has 4 nitrogen and oxygen atoms in total. The van der Waals surface area contributed by atoms with Crippen LogP contribution in [0.1, 0.15) is 10.6 Å². The lowest BCUT2D eigenvalue weighted by Gasteiger charge is -2.05. The van der Waals surface area contributed by atoms with E-state index in [1.54, 1.807) is 29.1 Å². The minimum Gasteiger partial charge on any atom is -0.496 e. The van der Waals surface area contributed by atoms with Crippen LogP contribution in [0, 0.1) is 6.92 Å². The van der Waals surface area contributed by atoms with Crippen LogP contribution < -0.4 is 10.3 Å². The van der Waals surface area contributed by atoms with Gasteiger partial charge < -0.3 is 9.30 Å². The highest BCUT2D eigenvalue weighted by atomic mass is 32.1. The van der Waals surface area contributed by atoms with E-state index in [1.807, 2.05) is 48.8 Å². The summed E-state index contributed by atoms with van der Waals surface area (Å²) in [4.78, 5) is 16.6. The van der Waals surface area contributed by atoms with E-state index in [-0.39, 0.29) is 5.56 Å². The molecule has 3 rings (SSSR count). The summed E-state index contributed by atoms with van der Waals surface area (Å²) < 4.78 is 7.03. The number of hydrogen-bond donors (Lipinski definition) is 0. The summed E-state index contributed by atoms with van der Waals surface area (Å²) in [6.45, 7) is 2.40. The van der Waals surface area contributed by atoms with Crippen LogP contribution in [-0.2, 0) is 6.54 Å². The molecule has 0 N–H and O–H groups in total. The van der Waals surface area contributed by atoms with Gasteiger partial charge in [-0.05, 0) is 30.7 Å². The minimum atomic E-state index is -0.00552. The first-order valence-corrected chi connectivity index (χ1v) is 7.80. The molecule has 112 valence electrons. The normalized spacial score (nSPS) is 10.6. The summed E-state index contributed by atoms with van der Waals surface area (Å²) in [6.07, 6.45) is 1.81. The van der Waals surface area contributed by atoms with Gasteiger partial charge in [-0.3, -0.25) is 4.79 Å². The molecule has 0 aliphatic carbocycles. The van der Waals surface area contributed by atoms with Crippen molar-refractivity contribution in [3.8, 4) is 17.0 Å². The quantitative estimate of drug-likeness (QED) is 0.742. The van der Waals surface area contributed by atoms with Gasteiger partial charge >= 0.3 is 0 Å². The number of hydrogen-bond acceptors (Lipinski definition) is 4. The number of thiazole rings is 1. The summed E-state index contributed by atoms with van der Waals surface area (Å²) in [6, 6.07) is 11.3. The largest absolute Gasteiger partial charge is 0.496 e. The Morgan fingerprint density at radius 1 is 1.27 bits per heavy atom. The van der Waals surface area contributed by atoms with E-state index in [1.165, 1.54) is 0 Å². The van der Waals surface area contributed by atoms with E-state index >= 15 is 0 Å². The average molecular weight is 312 g/mol. The first-order chi connectivity index (χ1) is 10.7. The maximum absolute atomic E-state index is 11.9. The Morgan fingerprint density at radius 3 is 2.86 bits per heavy atom. The molecule has 0 atom stereocenters. The second-order valence-electron chi connectivity index (χ2n) is 5.00. The lowest BCUT2D eigenvalue weighted by atomic mass is 10.1. The molecule has 0 unspecified atom stereocenters. The Morgan fingerprint density at radius 2 is 2.09 bits per heavy atom. The number of aromatic nitrogens is 2. The Bertz CT molecular complexity index is 852. The minimum absolute atomic E-state index is 0.00552. The summed E-state index contributed by atoms with van der Waals surface area (Å²) in [5.74, 6) is 0.798. The monoisotopic (exact) mass is 312 g/mol. The SMILES string of the molecule is COc1ccccc1-c1csc(Cn2ccc(C)cc2=O)n1. The van der Waals surface area contributed by atoms with Crippen LogP contribution in [-0.4, -0.2) is 16.7 Å². The smallest absolute Gasteiger partial charge is 0.251 e. The topological polar surface area (TPSA) is 44.1 Å². The summed E-state index contributed by atoms with van der Waals surface area (Å²) in [5.41, 5.74) is 2.80. The summed E-state index contributed by atoms with van der Waals surface area (Å²) >= 11 is 1.54. The molecule has 3 aromatic rings. The lowest BCUT2D eigenvalue weighted by Crippen LogP contribution is -2.19. The van der Waals surface area contributed by atoms with Gasteiger partial charge in [-0.15, -0.1) is 11.3 Å². The van der Waals surface area contributed by atoms with Crippen LogP contribution in [0.2, 0.25) is 0 Å². The van der Waals surface area contributed by atoms with Crippen molar-refractivity contribution in [3.05, 3.63) is 68.9 Å². The number of methoxy groups -OCH3 is 1. The molecule has 0 saturated carbocycles. The van der Waals surface area contributed by atoms with Crippen molar-refractivity contribution < 1.29 is 4.74 Å². The molecule has 2 aromatic heterocycles. The molecule has 22 heavy (non-hydrogen) atoms. The third-order valence-electron chi connectivity index (χ3n) is 3.39. The number of ether oxygens (including phenoxy) is 1. The first kappa shape index (κ1) is 14.5. The highest BCUT2D eigenvalue weighted by Gasteiger charge is 2.10. The molecule has 2 heterocycles. The highest BCUT2D eigenvalue weighted by Crippen LogP contribution is 2.30. The van der Waals surface area contributed by atoms with Gasteiger partial charge in [-0.25, -0.2) is 4.98 Å². The zero-order valence-electron chi connectivity index (χ0n) is 12.4. The van der Waals surface area contributed by atoms with Gasteiger partial charge in [0.05, 0.1) is 19.3 Å². The van der Waals surface area contributed by atoms with Crippen molar-refractivity contribution >= 4 is 11.3 Å². The standard InChI is InChI=1S/C17H16N2O2S/c1-12-7-8-19(17(20)9-12)10-16-18-14(11-22-16)13-5-3-4-6-15(13)21-2/h3-9,11H,10H2,1-2H3. The van der Waals surface area contributed by atoms with Crippen molar-refractivity contribution in [1.82, 2.24) is 9.55 Å². The van der Waals surface area contributed by atoms with Crippen molar-refractivity contribution in [2.45, 2.75) is 13.5 Å². The van der Waals surface area contributed by atoms with E-state index in [0.717, 1.165) is 27.6 Å². The van der Waals surface area contributed by atoms with Crippen LogP contribution >= 0.6 is 11.3 Å². The molecule has 0 aliphatic rings. The van der Waals surface area contributed by atoms with Gasteiger partial charge in [0, 0.05) is 23.2 Å². The number of benzene rings is 1. The van der Waals surface area contributed by atoms with Crippen LogP contribution in [0.25, 0.3) is 11.3 Å². The molecule has 0 aliphatic heterocycles. The average Bonchev–Trinajstić information content (AvgIpc) is 2.98. The Balaban J connectivity index is 1.89. The molecular formula is C17H16N2O2S. The second-order valence-corrected chi connectivity index (χ2v) is 5.94. The zero-order chi connectivity index (χ0) is 15.5. The predicted molar refractivity (Wildman–Crippen MR) is 88.6 cm³/mol. The molecule has 0 spiro atoms. The Kier molecular flexibility index (Phi) is 4.06. The fraction of sp³-hybridized carbons (Fsp3) is 0.176. The van der Waals surface area contributed by atoms with Crippen LogP contribution in [0.15, 0.2) is 52.8 Å². The van der Waals surface area contributed by atoms with Gasteiger partial charge in [-0.2, -0.15) is 0 Å². The van der Waals surface area contributed by atoms with E-state index in [4.69, 9.17) is 4.74 Å². The second kappa shape index (κ2) is 6.15. The Hall–Kier alpha value is -2.40. The molecule has 0 radical (unpaired) electrons. The number of nitrogens with zero attached hydrogens (tertiary/aromatic N) is 2. The summed E-state index contributed by atoms with van der Waals surface area (Å²) in [7, 11) is 1.65. The van der Waals surface area contributed by atoms with Gasteiger partial charge in [-0.1, -0.05) is 12.1 Å². The molecule has 1 aromatic carbocycles. The number of aryl methyl sites for hydroxylation is 1. The van der Waals surface area contributed by atoms with Crippen LogP contribution in [0.5, 0.6) is 5.75 Å². The van der Waals surface area contributed by atoms with Crippen molar-refractivity contribution in [2.24, 2.45) is 0 Å². The first-order valence-electron chi connectivity index (χ1n) is 6.92. The molecule has 0 fully saturated rings. The number of para-hydroxylation sites is 1. The molecule has 0 saturated heterocycles. The maximum atomic E-state index is 11.9. The lowest BCUT2D eigenvalue weighted by molar-refractivity contribution is 0.416. The molecule has 0 bridgehead atoms. The van der Waals surface area contributed by atoms with Crippen molar-refractivity contribution in [1.29, 1.82) is 0 Å². The van der Waals surface area contributed by atoms with Gasteiger partial charge in [0.2, 0.25) is 0 Å². The fourth-order valence-electron chi connectivity index (χ4n) is 2.25. The molecule has 5 heteroatoms. The molecular weight excluding hydrogens is 296 g/mol. The number of rotatable bonds is 4. The molecule has 0 amide bonds. The highest BCUT2D eigenvalue weighted by molar-refractivity contribution is 7.09. The van der Waals surface area contributed by atoms with Gasteiger partial charge in [0.25, 0.3) is 5.56 Å². The number of pyridine rings is 1. The Labute approximate surface area is 132 Å². The van der Waals surface area contributed by atoms with Crippen LogP contribution in [0.4, 0.5) is 0 Å². The van der Waals surface area contributed by atoms with Crippen molar-refractivity contribution in [2.75, 3.05) is 7.11 Å². The third-order valence-corrected chi connectivity index (χ3v) is 4.23. The van der Waals surface area contributed by atoms with Crippen LogP contribution in [0.3, 0.4) is 0 Å². The van der Waals surface area contributed by atoms with Gasteiger partial charge in [0.15, 0.2) is 0 Å². The van der Waals surface area contributed by atoms with E-state index < -0.39 is 0 Å². The maximum Gasteiger partial charge on any atom is 0.251 e. The summed E-state index contributed by atoms with van der Waals surface area (Å²) in [5, 5.41) is 2.89. The van der Waals surface area contributed by atoms with E-state index in [9.17, 15) is 4.79 Å². The fourth-order valence-corrected chi connectivity index (χ4v) is 3.04. The van der Waals surface area contributed by atoms with E-state index in [0.29, 0.717) is 6.54 Å². The predicted octanol–water partition coefficient (Wildman–Crippen LogP) is 3.34. The third kappa shape index (κ3) is 2.94. The van der Waals surface area contributed by atoms with Gasteiger partial charge in [0.1, 0.15) is 10.8 Å². The van der Waals surface area contributed by atoms with Crippen molar-refractivity contribution in [3.63, 3.8) is 0 Å².